The average Bonchev–Trinajstić information content (AvgIpc) is 2.10. The normalized spacial score (nSPS) is 12.9. The first-order chi connectivity index (χ1) is 5.79. The Labute approximate surface area is 79.7 Å². The first-order valence-corrected chi connectivity index (χ1v) is 4.50. The maximum Gasteiger partial charge on any atom is 0.109 e. The Kier molecular flexibility index (Phi) is 3.65. The second-order valence-corrected chi connectivity index (χ2v) is 3.25. The number of aromatic nitrogens is 1. The highest BCUT2D eigenvalue weighted by molar-refractivity contribution is 9.10. The Balaban J connectivity index is 2.92. The summed E-state index contributed by atoms with van der Waals surface area (Å²) in [5.41, 5.74) is 6.44. The lowest BCUT2D eigenvalue weighted by atomic mass is 10.0. The van der Waals surface area contributed by atoms with Crippen molar-refractivity contribution < 1.29 is 5.11 Å². The van der Waals surface area contributed by atoms with Crippen LogP contribution in [0.25, 0.3) is 0 Å². The van der Waals surface area contributed by atoms with Crippen LogP contribution in [0.5, 0.6) is 0 Å². The quantitative estimate of drug-likeness (QED) is 0.759. The van der Waals surface area contributed by atoms with Gasteiger partial charge in [0.05, 0.1) is 6.61 Å². The molecule has 0 amide bonds. The van der Waals surface area contributed by atoms with Crippen LogP contribution in [0, 0.1) is 0 Å². The summed E-state index contributed by atoms with van der Waals surface area (Å²) in [7, 11) is 0. The van der Waals surface area contributed by atoms with E-state index in [0.29, 0.717) is 6.54 Å². The van der Waals surface area contributed by atoms with E-state index in [0.717, 1.165) is 10.2 Å². The Hall–Kier alpha value is -0.450. The second kappa shape index (κ2) is 4.54. The minimum absolute atomic E-state index is 0.0203. The lowest BCUT2D eigenvalue weighted by molar-refractivity contribution is 0.267. The van der Waals surface area contributed by atoms with E-state index in [4.69, 9.17) is 10.8 Å². The SMILES string of the molecule is NCC(CO)c1cccnc1Br. The molecule has 66 valence electrons. The standard InChI is InChI=1S/C8H11BrN2O/c9-8-7(2-1-3-11-8)6(4-10)5-12/h1-3,6,12H,4-5,10H2. The molecular weight excluding hydrogens is 220 g/mol. The first-order valence-electron chi connectivity index (χ1n) is 3.71. The number of aliphatic hydroxyl groups is 1. The van der Waals surface area contributed by atoms with Crippen molar-refractivity contribution in [1.82, 2.24) is 4.98 Å². The van der Waals surface area contributed by atoms with Crippen LogP contribution in [-0.2, 0) is 0 Å². The first kappa shape index (κ1) is 9.64. The molecule has 4 heteroatoms. The Bertz CT molecular complexity index is 251. The summed E-state index contributed by atoms with van der Waals surface area (Å²) in [4.78, 5) is 4.05. The third kappa shape index (κ3) is 2.03. The minimum atomic E-state index is -0.0203. The van der Waals surface area contributed by atoms with Crippen LogP contribution in [0.3, 0.4) is 0 Å². The van der Waals surface area contributed by atoms with Gasteiger partial charge in [-0.05, 0) is 27.6 Å². The summed E-state index contributed by atoms with van der Waals surface area (Å²) in [5.74, 6) is -0.0203. The summed E-state index contributed by atoms with van der Waals surface area (Å²) in [6.07, 6.45) is 1.69. The van der Waals surface area contributed by atoms with Gasteiger partial charge >= 0.3 is 0 Å². The van der Waals surface area contributed by atoms with E-state index in [-0.39, 0.29) is 12.5 Å². The Morgan fingerprint density at radius 1 is 1.67 bits per heavy atom. The molecule has 0 aliphatic rings. The molecule has 0 aliphatic carbocycles. The number of aliphatic hydroxyl groups excluding tert-OH is 1. The number of nitrogens with zero attached hydrogens (tertiary/aromatic N) is 1. The monoisotopic (exact) mass is 230 g/mol. The molecule has 1 atom stereocenters. The Morgan fingerprint density at radius 3 is 2.92 bits per heavy atom. The van der Waals surface area contributed by atoms with Crippen molar-refractivity contribution in [3.05, 3.63) is 28.5 Å². The number of pyridine rings is 1. The van der Waals surface area contributed by atoms with Gasteiger partial charge in [0.15, 0.2) is 0 Å². The van der Waals surface area contributed by atoms with Crippen LogP contribution < -0.4 is 5.73 Å². The molecule has 1 aromatic heterocycles. The summed E-state index contributed by atoms with van der Waals surface area (Å²) >= 11 is 3.30. The number of nitrogens with two attached hydrogens (primary N) is 1. The predicted octanol–water partition coefficient (Wildman–Crippen LogP) is 0.879. The molecule has 0 spiro atoms. The van der Waals surface area contributed by atoms with E-state index >= 15 is 0 Å². The van der Waals surface area contributed by atoms with Crippen molar-refractivity contribution >= 4 is 15.9 Å². The highest BCUT2D eigenvalue weighted by Gasteiger charge is 2.11. The van der Waals surface area contributed by atoms with Crippen molar-refractivity contribution in [3.63, 3.8) is 0 Å². The zero-order valence-electron chi connectivity index (χ0n) is 6.57. The molecule has 3 nitrogen and oxygen atoms in total. The van der Waals surface area contributed by atoms with E-state index in [9.17, 15) is 0 Å². The predicted molar refractivity (Wildman–Crippen MR) is 50.8 cm³/mol. The molecule has 0 radical (unpaired) electrons. The lowest BCUT2D eigenvalue weighted by Gasteiger charge is -2.12. The van der Waals surface area contributed by atoms with Crippen molar-refractivity contribution in [3.8, 4) is 0 Å². The van der Waals surface area contributed by atoms with Crippen molar-refractivity contribution in [2.75, 3.05) is 13.2 Å². The molecule has 12 heavy (non-hydrogen) atoms. The van der Waals surface area contributed by atoms with E-state index in [1.54, 1.807) is 6.20 Å². The summed E-state index contributed by atoms with van der Waals surface area (Å²) in [6.45, 7) is 0.488. The number of rotatable bonds is 3. The summed E-state index contributed by atoms with van der Waals surface area (Å²) in [5, 5.41) is 8.98. The van der Waals surface area contributed by atoms with Crippen molar-refractivity contribution in [2.45, 2.75) is 5.92 Å². The molecular formula is C8H11BrN2O. The smallest absolute Gasteiger partial charge is 0.109 e. The molecule has 1 unspecified atom stereocenters. The molecule has 1 heterocycles. The van der Waals surface area contributed by atoms with Gasteiger partial charge in [-0.3, -0.25) is 0 Å². The van der Waals surface area contributed by atoms with Crippen LogP contribution >= 0.6 is 15.9 Å². The van der Waals surface area contributed by atoms with Crippen molar-refractivity contribution in [1.29, 1.82) is 0 Å². The molecule has 1 rings (SSSR count). The van der Waals surface area contributed by atoms with Crippen LogP contribution in [0.1, 0.15) is 11.5 Å². The van der Waals surface area contributed by atoms with Gasteiger partial charge in [-0.2, -0.15) is 0 Å². The fourth-order valence-corrected chi connectivity index (χ4v) is 1.58. The molecule has 0 fully saturated rings. The van der Waals surface area contributed by atoms with Gasteiger partial charge in [0, 0.05) is 18.7 Å². The second-order valence-electron chi connectivity index (χ2n) is 2.50. The van der Waals surface area contributed by atoms with Crippen molar-refractivity contribution in [2.24, 2.45) is 5.73 Å². The topological polar surface area (TPSA) is 59.1 Å². The maximum atomic E-state index is 8.98. The zero-order valence-corrected chi connectivity index (χ0v) is 8.16. The van der Waals surface area contributed by atoms with Gasteiger partial charge in [0.2, 0.25) is 0 Å². The number of halogens is 1. The van der Waals surface area contributed by atoms with Gasteiger partial charge < -0.3 is 10.8 Å². The molecule has 0 saturated heterocycles. The largest absolute Gasteiger partial charge is 0.396 e. The van der Waals surface area contributed by atoms with E-state index in [2.05, 4.69) is 20.9 Å². The zero-order chi connectivity index (χ0) is 8.97. The van der Waals surface area contributed by atoms with Gasteiger partial charge in [0.25, 0.3) is 0 Å². The summed E-state index contributed by atoms with van der Waals surface area (Å²) < 4.78 is 0.759. The van der Waals surface area contributed by atoms with E-state index in [1.165, 1.54) is 0 Å². The molecule has 0 aliphatic heterocycles. The van der Waals surface area contributed by atoms with Gasteiger partial charge in [-0.25, -0.2) is 4.98 Å². The van der Waals surface area contributed by atoms with Gasteiger partial charge in [-0.15, -0.1) is 0 Å². The van der Waals surface area contributed by atoms with Gasteiger partial charge in [-0.1, -0.05) is 6.07 Å². The highest BCUT2D eigenvalue weighted by Crippen LogP contribution is 2.21. The average molecular weight is 231 g/mol. The molecule has 3 N–H and O–H groups in total. The molecule has 0 saturated carbocycles. The fourth-order valence-electron chi connectivity index (χ4n) is 1.00. The molecule has 0 aromatic carbocycles. The molecule has 1 aromatic rings. The third-order valence-electron chi connectivity index (χ3n) is 1.73. The maximum absolute atomic E-state index is 8.98. The highest BCUT2D eigenvalue weighted by atomic mass is 79.9. The third-order valence-corrected chi connectivity index (χ3v) is 2.40. The molecule has 0 bridgehead atoms. The fraction of sp³-hybridized carbons (Fsp3) is 0.375. The van der Waals surface area contributed by atoms with Gasteiger partial charge in [0.1, 0.15) is 4.60 Å². The van der Waals surface area contributed by atoms with E-state index in [1.807, 2.05) is 12.1 Å². The van der Waals surface area contributed by atoms with Crippen LogP contribution in [0.15, 0.2) is 22.9 Å². The van der Waals surface area contributed by atoms with Crippen LogP contribution in [-0.4, -0.2) is 23.2 Å². The minimum Gasteiger partial charge on any atom is -0.396 e. The van der Waals surface area contributed by atoms with Crippen LogP contribution in [0.4, 0.5) is 0 Å². The number of hydrogen-bond donors (Lipinski definition) is 2. The van der Waals surface area contributed by atoms with E-state index < -0.39 is 0 Å². The lowest BCUT2D eigenvalue weighted by Crippen LogP contribution is -2.16. The number of hydrogen-bond acceptors (Lipinski definition) is 3. The Morgan fingerprint density at radius 2 is 2.42 bits per heavy atom. The van der Waals surface area contributed by atoms with Crippen LogP contribution in [0.2, 0.25) is 0 Å². The summed E-state index contributed by atoms with van der Waals surface area (Å²) in [6, 6.07) is 3.74.